The predicted molar refractivity (Wildman–Crippen MR) is 61.5 cm³/mol. The second-order valence-electron chi connectivity index (χ2n) is 4.13. The summed E-state index contributed by atoms with van der Waals surface area (Å²) in [5.41, 5.74) is -0.153. The van der Waals surface area contributed by atoms with Crippen molar-refractivity contribution in [1.29, 1.82) is 0 Å². The molecule has 0 aliphatic carbocycles. The van der Waals surface area contributed by atoms with Crippen molar-refractivity contribution in [3.63, 3.8) is 0 Å². The summed E-state index contributed by atoms with van der Waals surface area (Å²) in [5, 5.41) is 9.19. The first-order valence-corrected chi connectivity index (χ1v) is 5.19. The van der Waals surface area contributed by atoms with Gasteiger partial charge in [0.15, 0.2) is 0 Å². The highest BCUT2D eigenvalue weighted by Gasteiger charge is 2.34. The molecule has 0 saturated carbocycles. The fourth-order valence-corrected chi connectivity index (χ4v) is 1.55. The number of carboxylic acids is 1. The molecular weight excluding hydrogens is 206 g/mol. The first kappa shape index (κ1) is 12.4. The molecule has 0 unspecified atom stereocenters. The molecule has 0 atom stereocenters. The number of aliphatic carboxylic acids is 1. The van der Waals surface area contributed by atoms with Crippen molar-refractivity contribution >= 4 is 11.8 Å². The first-order valence-electron chi connectivity index (χ1n) is 5.19. The molecule has 1 aromatic rings. The Labute approximate surface area is 95.1 Å². The fraction of sp³-hybridized carbons (Fsp3) is 0.545. The van der Waals surface area contributed by atoms with E-state index < -0.39 is 11.5 Å². The Morgan fingerprint density at radius 1 is 1.50 bits per heavy atom. The Hall–Kier alpha value is -1.65. The highest BCUT2D eigenvalue weighted by atomic mass is 16.4. The van der Waals surface area contributed by atoms with E-state index in [0.29, 0.717) is 12.4 Å². The number of aryl methyl sites for hydroxylation is 1. The lowest BCUT2D eigenvalue weighted by molar-refractivity contribution is -0.142. The summed E-state index contributed by atoms with van der Waals surface area (Å²) < 4.78 is 0. The molecule has 0 fully saturated rings. The largest absolute Gasteiger partial charge is 0.480 e. The van der Waals surface area contributed by atoms with E-state index in [-0.39, 0.29) is 0 Å². The summed E-state index contributed by atoms with van der Waals surface area (Å²) in [7, 11) is 0. The van der Waals surface area contributed by atoms with Crippen molar-refractivity contribution in [3.05, 3.63) is 18.1 Å². The van der Waals surface area contributed by atoms with Gasteiger partial charge in [-0.3, -0.25) is 0 Å². The lowest BCUT2D eigenvalue weighted by atomic mass is 10.0. The van der Waals surface area contributed by atoms with Crippen LogP contribution in [0.1, 0.15) is 26.5 Å². The van der Waals surface area contributed by atoms with Crippen LogP contribution in [0.4, 0.5) is 5.82 Å². The molecule has 0 amide bonds. The van der Waals surface area contributed by atoms with Crippen molar-refractivity contribution in [1.82, 2.24) is 9.97 Å². The highest BCUT2D eigenvalue weighted by molar-refractivity contribution is 5.82. The Morgan fingerprint density at radius 2 is 2.12 bits per heavy atom. The van der Waals surface area contributed by atoms with Gasteiger partial charge in [0.1, 0.15) is 17.7 Å². The fourth-order valence-electron chi connectivity index (χ4n) is 1.55. The molecule has 16 heavy (non-hydrogen) atoms. The molecule has 1 rings (SSSR count). The summed E-state index contributed by atoms with van der Waals surface area (Å²) in [6, 6.07) is 1.79. The molecule has 1 heterocycles. The number of anilines is 1. The second-order valence-corrected chi connectivity index (χ2v) is 4.13. The number of carbonyl (C=O) groups is 1. The molecule has 0 saturated heterocycles. The summed E-state index contributed by atoms with van der Waals surface area (Å²) in [4.78, 5) is 21.0. The van der Waals surface area contributed by atoms with Gasteiger partial charge in [-0.2, -0.15) is 0 Å². The minimum atomic E-state index is -0.977. The molecule has 0 spiro atoms. The van der Waals surface area contributed by atoms with Crippen LogP contribution in [0.25, 0.3) is 0 Å². The molecule has 5 nitrogen and oxygen atoms in total. The van der Waals surface area contributed by atoms with Crippen LogP contribution in [0, 0.1) is 6.92 Å². The van der Waals surface area contributed by atoms with Crippen LogP contribution in [-0.4, -0.2) is 33.1 Å². The van der Waals surface area contributed by atoms with E-state index in [2.05, 4.69) is 9.97 Å². The molecule has 0 aliphatic rings. The van der Waals surface area contributed by atoms with Crippen LogP contribution in [0.15, 0.2) is 12.4 Å². The summed E-state index contributed by atoms with van der Waals surface area (Å²) in [5.74, 6) is -0.229. The van der Waals surface area contributed by atoms with Gasteiger partial charge in [0, 0.05) is 18.3 Å². The zero-order valence-electron chi connectivity index (χ0n) is 10.1. The molecule has 0 aliphatic heterocycles. The van der Waals surface area contributed by atoms with Crippen LogP contribution >= 0.6 is 0 Å². The number of hydrogen-bond acceptors (Lipinski definition) is 4. The number of likely N-dealkylation sites (N-methyl/N-ethyl adjacent to an activating group) is 1. The highest BCUT2D eigenvalue weighted by Crippen LogP contribution is 2.22. The maximum Gasteiger partial charge on any atom is 0.328 e. The van der Waals surface area contributed by atoms with Gasteiger partial charge >= 0.3 is 5.97 Å². The molecule has 1 aromatic heterocycles. The summed E-state index contributed by atoms with van der Waals surface area (Å²) in [6.07, 6.45) is 1.45. The number of hydrogen-bond donors (Lipinski definition) is 1. The number of aromatic nitrogens is 2. The topological polar surface area (TPSA) is 66.3 Å². The number of nitrogens with zero attached hydrogens (tertiary/aromatic N) is 3. The third kappa shape index (κ3) is 2.29. The van der Waals surface area contributed by atoms with Crippen molar-refractivity contribution in [2.45, 2.75) is 33.2 Å². The molecule has 0 bridgehead atoms. The van der Waals surface area contributed by atoms with Crippen LogP contribution in [0.2, 0.25) is 0 Å². The minimum absolute atomic E-state index is 0.579. The lowest BCUT2D eigenvalue weighted by Gasteiger charge is -2.35. The predicted octanol–water partition coefficient (Wildman–Crippen LogP) is 1.47. The van der Waals surface area contributed by atoms with E-state index in [9.17, 15) is 9.90 Å². The van der Waals surface area contributed by atoms with Gasteiger partial charge in [-0.15, -0.1) is 0 Å². The zero-order valence-corrected chi connectivity index (χ0v) is 10.1. The average Bonchev–Trinajstić information content (AvgIpc) is 2.18. The molecule has 0 radical (unpaired) electrons. The third-order valence-electron chi connectivity index (χ3n) is 2.58. The van der Waals surface area contributed by atoms with Crippen LogP contribution in [-0.2, 0) is 4.79 Å². The van der Waals surface area contributed by atoms with Crippen molar-refractivity contribution in [2.75, 3.05) is 11.4 Å². The molecular formula is C11H17N3O2. The molecule has 5 heteroatoms. The quantitative estimate of drug-likeness (QED) is 0.837. The van der Waals surface area contributed by atoms with Crippen LogP contribution < -0.4 is 4.90 Å². The standard InChI is InChI=1S/C11H17N3O2/c1-5-14(11(3,4)10(15)16)9-6-8(2)12-7-13-9/h6-7H,5H2,1-4H3,(H,15,16). The number of rotatable bonds is 4. The Morgan fingerprint density at radius 3 is 2.56 bits per heavy atom. The summed E-state index contributed by atoms with van der Waals surface area (Å²) in [6.45, 7) is 7.66. The summed E-state index contributed by atoms with van der Waals surface area (Å²) >= 11 is 0. The maximum absolute atomic E-state index is 11.2. The average molecular weight is 223 g/mol. The Balaban J connectivity index is 3.12. The van der Waals surface area contributed by atoms with Gasteiger partial charge in [0.05, 0.1) is 0 Å². The lowest BCUT2D eigenvalue weighted by Crippen LogP contribution is -2.50. The first-order chi connectivity index (χ1) is 7.39. The van der Waals surface area contributed by atoms with Gasteiger partial charge < -0.3 is 10.0 Å². The van der Waals surface area contributed by atoms with Gasteiger partial charge in [0.25, 0.3) is 0 Å². The van der Waals surface area contributed by atoms with E-state index in [1.807, 2.05) is 13.8 Å². The normalized spacial score (nSPS) is 11.2. The van der Waals surface area contributed by atoms with Gasteiger partial charge in [0.2, 0.25) is 0 Å². The second kappa shape index (κ2) is 4.47. The third-order valence-corrected chi connectivity index (χ3v) is 2.58. The monoisotopic (exact) mass is 223 g/mol. The van der Waals surface area contributed by atoms with Gasteiger partial charge in [-0.05, 0) is 27.7 Å². The minimum Gasteiger partial charge on any atom is -0.480 e. The molecule has 1 N–H and O–H groups in total. The van der Waals surface area contributed by atoms with Crippen LogP contribution in [0.3, 0.4) is 0 Å². The van der Waals surface area contributed by atoms with E-state index >= 15 is 0 Å². The van der Waals surface area contributed by atoms with Crippen LogP contribution in [0.5, 0.6) is 0 Å². The van der Waals surface area contributed by atoms with E-state index in [1.54, 1.807) is 24.8 Å². The maximum atomic E-state index is 11.2. The van der Waals surface area contributed by atoms with Gasteiger partial charge in [-0.1, -0.05) is 0 Å². The van der Waals surface area contributed by atoms with E-state index in [4.69, 9.17) is 0 Å². The van der Waals surface area contributed by atoms with E-state index in [0.717, 1.165) is 5.69 Å². The van der Waals surface area contributed by atoms with Crippen molar-refractivity contribution < 1.29 is 9.90 Å². The van der Waals surface area contributed by atoms with Gasteiger partial charge in [-0.25, -0.2) is 14.8 Å². The smallest absolute Gasteiger partial charge is 0.328 e. The van der Waals surface area contributed by atoms with E-state index in [1.165, 1.54) is 6.33 Å². The zero-order chi connectivity index (χ0) is 12.3. The SMILES string of the molecule is CCN(c1cc(C)ncn1)C(C)(C)C(=O)O. The Bertz CT molecular complexity index is 391. The van der Waals surface area contributed by atoms with Crippen molar-refractivity contribution in [2.24, 2.45) is 0 Å². The van der Waals surface area contributed by atoms with Crippen molar-refractivity contribution in [3.8, 4) is 0 Å². The molecule has 0 aromatic carbocycles. The molecule has 88 valence electrons. The Kier molecular flexibility index (Phi) is 3.47. The number of carboxylic acid groups (broad SMARTS) is 1.